The molecule has 0 aliphatic carbocycles. The number of guanidine groups is 1. The van der Waals surface area contributed by atoms with Crippen molar-refractivity contribution in [2.45, 2.75) is 39.5 Å². The van der Waals surface area contributed by atoms with E-state index in [2.05, 4.69) is 41.6 Å². The third kappa shape index (κ3) is 9.42. The van der Waals surface area contributed by atoms with Gasteiger partial charge in [0.1, 0.15) is 0 Å². The lowest BCUT2D eigenvalue weighted by molar-refractivity contribution is 0.223. The van der Waals surface area contributed by atoms with E-state index >= 15 is 0 Å². The van der Waals surface area contributed by atoms with Crippen LogP contribution in [-0.4, -0.2) is 64.3 Å². The van der Waals surface area contributed by atoms with Gasteiger partial charge in [0.05, 0.1) is 13.7 Å². The van der Waals surface area contributed by atoms with Crippen LogP contribution < -0.4 is 20.1 Å². The fraction of sp³-hybridized carbons (Fsp3) is 0.682. The van der Waals surface area contributed by atoms with E-state index in [1.807, 2.05) is 13.0 Å². The summed E-state index contributed by atoms with van der Waals surface area (Å²) in [7, 11) is 3.87. The zero-order valence-electron chi connectivity index (χ0n) is 18.5. The molecule has 1 aromatic rings. The molecule has 2 rings (SSSR count). The number of methoxy groups -OCH3 is 1. The summed E-state index contributed by atoms with van der Waals surface area (Å²) in [5.74, 6) is 3.26. The van der Waals surface area contributed by atoms with Gasteiger partial charge in [-0.3, -0.25) is 4.99 Å². The van der Waals surface area contributed by atoms with Gasteiger partial charge in [0, 0.05) is 19.6 Å². The van der Waals surface area contributed by atoms with Gasteiger partial charge in [-0.1, -0.05) is 6.07 Å². The molecule has 166 valence electrons. The summed E-state index contributed by atoms with van der Waals surface area (Å²) in [5.41, 5.74) is 1.26. The molecule has 29 heavy (non-hydrogen) atoms. The van der Waals surface area contributed by atoms with Gasteiger partial charge in [-0.15, -0.1) is 24.0 Å². The predicted octanol–water partition coefficient (Wildman–Crippen LogP) is 3.54. The van der Waals surface area contributed by atoms with Crippen molar-refractivity contribution in [2.75, 3.05) is 53.5 Å². The van der Waals surface area contributed by atoms with Crippen LogP contribution in [0.3, 0.4) is 0 Å². The van der Waals surface area contributed by atoms with Gasteiger partial charge in [-0.2, -0.15) is 0 Å². The Balaban J connectivity index is 0.00000420. The number of benzene rings is 1. The summed E-state index contributed by atoms with van der Waals surface area (Å²) in [6, 6.07) is 6.18. The minimum Gasteiger partial charge on any atom is -0.493 e. The molecule has 0 saturated carbocycles. The lowest BCUT2D eigenvalue weighted by atomic mass is 9.97. The quantitative estimate of drug-likeness (QED) is 0.215. The molecule has 2 N–H and O–H groups in total. The Morgan fingerprint density at radius 2 is 1.93 bits per heavy atom. The van der Waals surface area contributed by atoms with E-state index in [4.69, 9.17) is 14.5 Å². The molecule has 0 atom stereocenters. The van der Waals surface area contributed by atoms with Crippen molar-refractivity contribution in [1.29, 1.82) is 0 Å². The van der Waals surface area contributed by atoms with E-state index in [1.54, 1.807) is 7.11 Å². The molecule has 1 fully saturated rings. The molecule has 0 spiro atoms. The Morgan fingerprint density at radius 3 is 2.59 bits per heavy atom. The number of nitrogens with one attached hydrogen (secondary N) is 2. The van der Waals surface area contributed by atoms with Gasteiger partial charge in [0.25, 0.3) is 0 Å². The van der Waals surface area contributed by atoms with E-state index in [1.165, 1.54) is 31.5 Å². The molecular formula is C22H39IN4O2. The van der Waals surface area contributed by atoms with Gasteiger partial charge in [0.2, 0.25) is 0 Å². The first-order chi connectivity index (χ1) is 13.7. The van der Waals surface area contributed by atoms with Crippen molar-refractivity contribution in [2.24, 2.45) is 10.9 Å². The third-order valence-electron chi connectivity index (χ3n) is 5.15. The number of likely N-dealkylation sites (tertiary alicyclic amines) is 1. The van der Waals surface area contributed by atoms with Crippen LogP contribution in [-0.2, 0) is 6.42 Å². The largest absolute Gasteiger partial charge is 0.493 e. The summed E-state index contributed by atoms with van der Waals surface area (Å²) in [4.78, 5) is 7.21. The Labute approximate surface area is 193 Å². The second-order valence-corrected chi connectivity index (χ2v) is 7.41. The Hall–Kier alpha value is -1.22. The van der Waals surface area contributed by atoms with Crippen molar-refractivity contribution >= 4 is 29.9 Å². The average Bonchev–Trinajstić information content (AvgIpc) is 2.71. The third-order valence-corrected chi connectivity index (χ3v) is 5.15. The minimum absolute atomic E-state index is 0. The number of ether oxygens (including phenoxy) is 2. The number of aliphatic imine (C=N–C) groups is 1. The van der Waals surface area contributed by atoms with E-state index < -0.39 is 0 Å². The smallest absolute Gasteiger partial charge is 0.191 e. The Kier molecular flexibility index (Phi) is 13.1. The zero-order chi connectivity index (χ0) is 20.2. The topological polar surface area (TPSA) is 58.1 Å². The van der Waals surface area contributed by atoms with Crippen LogP contribution in [0.2, 0.25) is 0 Å². The van der Waals surface area contributed by atoms with Crippen LogP contribution in [0.1, 0.15) is 38.7 Å². The highest BCUT2D eigenvalue weighted by Gasteiger charge is 2.16. The van der Waals surface area contributed by atoms with Crippen molar-refractivity contribution in [3.8, 4) is 11.5 Å². The van der Waals surface area contributed by atoms with Gasteiger partial charge < -0.3 is 25.0 Å². The molecule has 1 aliphatic heterocycles. The second kappa shape index (κ2) is 14.7. The minimum atomic E-state index is 0. The molecule has 1 aromatic carbocycles. The summed E-state index contributed by atoms with van der Waals surface area (Å²) in [6.07, 6.45) is 4.53. The fourth-order valence-electron chi connectivity index (χ4n) is 3.45. The first-order valence-electron chi connectivity index (χ1n) is 10.7. The fourth-order valence-corrected chi connectivity index (χ4v) is 3.45. The van der Waals surface area contributed by atoms with Crippen LogP contribution in [0.15, 0.2) is 23.2 Å². The van der Waals surface area contributed by atoms with Crippen molar-refractivity contribution in [1.82, 2.24) is 15.5 Å². The molecule has 7 heteroatoms. The molecule has 1 heterocycles. The maximum atomic E-state index is 5.67. The molecule has 1 saturated heterocycles. The molecule has 0 radical (unpaired) electrons. The van der Waals surface area contributed by atoms with E-state index in [-0.39, 0.29) is 24.0 Å². The normalized spacial score (nSPS) is 15.5. The first kappa shape index (κ1) is 25.8. The van der Waals surface area contributed by atoms with Crippen LogP contribution in [0.4, 0.5) is 0 Å². The van der Waals surface area contributed by atoms with Crippen LogP contribution in [0.25, 0.3) is 0 Å². The van der Waals surface area contributed by atoms with E-state index in [9.17, 15) is 0 Å². The maximum absolute atomic E-state index is 5.67. The summed E-state index contributed by atoms with van der Waals surface area (Å²) in [6.45, 7) is 9.82. The average molecular weight is 518 g/mol. The monoisotopic (exact) mass is 518 g/mol. The molecule has 0 bridgehead atoms. The molecular weight excluding hydrogens is 479 g/mol. The van der Waals surface area contributed by atoms with Crippen molar-refractivity contribution in [3.05, 3.63) is 23.8 Å². The summed E-state index contributed by atoms with van der Waals surface area (Å²) >= 11 is 0. The SMILES string of the molecule is CCNC(=NCC1CCN(C)CC1)NCCCc1ccc(OC)c(OCC)c1.I. The standard InChI is InChI=1S/C22H38N4O2.HI/c1-5-23-22(25-17-19-11-14-26(3)15-12-19)24-13-7-8-18-9-10-20(27-4)21(16-18)28-6-2;/h9-10,16,19H,5-8,11-15,17H2,1-4H3,(H2,23,24,25);1H. The molecule has 0 unspecified atom stereocenters. The number of hydrogen-bond donors (Lipinski definition) is 2. The van der Waals surface area contributed by atoms with E-state index in [0.29, 0.717) is 12.5 Å². The number of rotatable bonds is 10. The highest BCUT2D eigenvalue weighted by Crippen LogP contribution is 2.28. The number of piperidine rings is 1. The number of aryl methyl sites for hydroxylation is 1. The number of hydrogen-bond acceptors (Lipinski definition) is 4. The van der Waals surface area contributed by atoms with Gasteiger partial charge in [-0.05, 0) is 83.3 Å². The Morgan fingerprint density at radius 1 is 1.17 bits per heavy atom. The first-order valence-corrected chi connectivity index (χ1v) is 10.7. The van der Waals surface area contributed by atoms with Gasteiger partial charge >= 0.3 is 0 Å². The lowest BCUT2D eigenvalue weighted by Crippen LogP contribution is -2.39. The van der Waals surface area contributed by atoms with Crippen molar-refractivity contribution < 1.29 is 9.47 Å². The molecule has 1 aliphatic rings. The summed E-state index contributed by atoms with van der Waals surface area (Å²) in [5, 5.41) is 6.84. The van der Waals surface area contributed by atoms with Crippen molar-refractivity contribution in [3.63, 3.8) is 0 Å². The molecule has 0 amide bonds. The highest BCUT2D eigenvalue weighted by molar-refractivity contribution is 14.0. The molecule has 0 aromatic heterocycles. The second-order valence-electron chi connectivity index (χ2n) is 7.41. The van der Waals surface area contributed by atoms with Gasteiger partial charge in [-0.25, -0.2) is 0 Å². The maximum Gasteiger partial charge on any atom is 0.191 e. The molecule has 6 nitrogen and oxygen atoms in total. The van der Waals surface area contributed by atoms with Crippen LogP contribution in [0, 0.1) is 5.92 Å². The number of halogens is 1. The van der Waals surface area contributed by atoms with E-state index in [0.717, 1.165) is 49.9 Å². The Bertz CT molecular complexity index is 604. The highest BCUT2D eigenvalue weighted by atomic mass is 127. The van der Waals surface area contributed by atoms with Gasteiger partial charge in [0.15, 0.2) is 17.5 Å². The summed E-state index contributed by atoms with van der Waals surface area (Å²) < 4.78 is 11.0. The zero-order valence-corrected chi connectivity index (χ0v) is 20.8. The van der Waals surface area contributed by atoms with Crippen LogP contribution in [0.5, 0.6) is 11.5 Å². The predicted molar refractivity (Wildman–Crippen MR) is 132 cm³/mol. The lowest BCUT2D eigenvalue weighted by Gasteiger charge is -2.28. The number of nitrogens with zero attached hydrogens (tertiary/aromatic N) is 2. The van der Waals surface area contributed by atoms with Crippen LogP contribution >= 0.6 is 24.0 Å².